The van der Waals surface area contributed by atoms with Crippen molar-refractivity contribution >= 4 is 33.2 Å². The lowest BCUT2D eigenvalue weighted by Gasteiger charge is -2.14. The zero-order chi connectivity index (χ0) is 10.6. The smallest absolute Gasteiger partial charge is 0.328 e. The minimum Gasteiger partial charge on any atom is -0.468 e. The number of carbonyl (C=O) groups excluding carboxylic acids is 1. The van der Waals surface area contributed by atoms with Gasteiger partial charge in [-0.05, 0) is 33.9 Å². The average molecular weight is 278 g/mol. The van der Waals surface area contributed by atoms with Gasteiger partial charge in [0.2, 0.25) is 0 Å². The van der Waals surface area contributed by atoms with Crippen molar-refractivity contribution in [3.63, 3.8) is 0 Å². The second-order valence-electron chi connectivity index (χ2n) is 2.65. The molecule has 3 nitrogen and oxygen atoms in total. The first-order valence-corrected chi connectivity index (χ1v) is 5.92. The van der Waals surface area contributed by atoms with Crippen LogP contribution in [0.4, 0.5) is 0 Å². The van der Waals surface area contributed by atoms with Gasteiger partial charge in [0.05, 0.1) is 7.11 Å². The molecule has 0 bridgehead atoms. The number of carbonyl (C=O) groups is 1. The summed E-state index contributed by atoms with van der Waals surface area (Å²) in [5.41, 5.74) is 0. The zero-order valence-corrected chi connectivity index (χ0v) is 10.4. The van der Waals surface area contributed by atoms with Crippen LogP contribution in [0.3, 0.4) is 0 Å². The van der Waals surface area contributed by atoms with E-state index in [2.05, 4.69) is 21.2 Å². The van der Waals surface area contributed by atoms with Crippen LogP contribution in [-0.4, -0.2) is 19.6 Å². The van der Waals surface area contributed by atoms with Gasteiger partial charge in [0.15, 0.2) is 0 Å². The number of hydrogen-bond donors (Lipinski definition) is 1. The molecule has 1 heterocycles. The number of likely N-dealkylation sites (N-methyl/N-ethyl adjacent to an activating group) is 1. The Hall–Kier alpha value is -0.390. The van der Waals surface area contributed by atoms with Crippen LogP contribution in [0.5, 0.6) is 0 Å². The van der Waals surface area contributed by atoms with Gasteiger partial charge in [-0.1, -0.05) is 6.92 Å². The summed E-state index contributed by atoms with van der Waals surface area (Å²) in [4.78, 5) is 12.4. The number of methoxy groups -OCH3 is 1. The topological polar surface area (TPSA) is 38.3 Å². The van der Waals surface area contributed by atoms with E-state index in [0.29, 0.717) is 0 Å². The Bertz CT molecular complexity index is 314. The molecule has 78 valence electrons. The van der Waals surface area contributed by atoms with Crippen molar-refractivity contribution in [1.29, 1.82) is 0 Å². The fourth-order valence-electron chi connectivity index (χ4n) is 1.12. The Morgan fingerprint density at radius 3 is 2.93 bits per heavy atom. The summed E-state index contributed by atoms with van der Waals surface area (Å²) >= 11 is 4.93. The molecular weight excluding hydrogens is 266 g/mol. The van der Waals surface area contributed by atoms with Crippen LogP contribution < -0.4 is 5.32 Å². The zero-order valence-electron chi connectivity index (χ0n) is 8.04. The average Bonchev–Trinajstić information content (AvgIpc) is 2.60. The summed E-state index contributed by atoms with van der Waals surface area (Å²) in [6, 6.07) is 1.56. The molecule has 0 spiro atoms. The van der Waals surface area contributed by atoms with E-state index in [1.54, 1.807) is 0 Å². The molecule has 0 aliphatic heterocycles. The highest BCUT2D eigenvalue weighted by atomic mass is 79.9. The highest BCUT2D eigenvalue weighted by Gasteiger charge is 2.23. The lowest BCUT2D eigenvalue weighted by atomic mass is 10.2. The Kier molecular flexibility index (Phi) is 4.57. The van der Waals surface area contributed by atoms with E-state index in [1.165, 1.54) is 18.4 Å². The molecule has 0 saturated heterocycles. The van der Waals surface area contributed by atoms with Crippen molar-refractivity contribution < 1.29 is 9.53 Å². The molecule has 1 aromatic heterocycles. The predicted molar refractivity (Wildman–Crippen MR) is 60.5 cm³/mol. The monoisotopic (exact) mass is 277 g/mol. The molecular formula is C9H12BrNO2S. The Balaban J connectivity index is 2.88. The second-order valence-corrected chi connectivity index (χ2v) is 4.45. The van der Waals surface area contributed by atoms with Crippen LogP contribution in [0.1, 0.15) is 17.8 Å². The molecule has 0 aliphatic rings. The SMILES string of the molecule is CCNC(C(=O)OC)c1sccc1Br. The first kappa shape index (κ1) is 11.7. The summed E-state index contributed by atoms with van der Waals surface area (Å²) in [5, 5.41) is 5.02. The van der Waals surface area contributed by atoms with Gasteiger partial charge in [-0.3, -0.25) is 0 Å². The first-order chi connectivity index (χ1) is 6.70. The van der Waals surface area contributed by atoms with Crippen LogP contribution in [0.25, 0.3) is 0 Å². The van der Waals surface area contributed by atoms with Crippen LogP contribution in [-0.2, 0) is 9.53 Å². The van der Waals surface area contributed by atoms with Gasteiger partial charge < -0.3 is 10.1 Å². The summed E-state index contributed by atoms with van der Waals surface area (Å²) in [7, 11) is 1.40. The molecule has 5 heteroatoms. The fraction of sp³-hybridized carbons (Fsp3) is 0.444. The van der Waals surface area contributed by atoms with Crippen molar-refractivity contribution in [2.75, 3.05) is 13.7 Å². The summed E-state index contributed by atoms with van der Waals surface area (Å²) < 4.78 is 5.67. The Morgan fingerprint density at radius 1 is 1.79 bits per heavy atom. The number of nitrogens with one attached hydrogen (secondary N) is 1. The molecule has 14 heavy (non-hydrogen) atoms. The van der Waals surface area contributed by atoms with E-state index < -0.39 is 0 Å². The molecule has 0 fully saturated rings. The van der Waals surface area contributed by atoms with Crippen molar-refractivity contribution in [2.45, 2.75) is 13.0 Å². The molecule has 0 aromatic carbocycles. The van der Waals surface area contributed by atoms with Crippen LogP contribution in [0.2, 0.25) is 0 Å². The third kappa shape index (κ3) is 2.56. The normalized spacial score (nSPS) is 12.5. The van der Waals surface area contributed by atoms with Gasteiger partial charge >= 0.3 is 5.97 Å². The highest BCUT2D eigenvalue weighted by molar-refractivity contribution is 9.10. The third-order valence-electron chi connectivity index (χ3n) is 1.75. The number of esters is 1. The molecule has 0 radical (unpaired) electrons. The molecule has 1 rings (SSSR count). The van der Waals surface area contributed by atoms with Crippen molar-refractivity contribution in [1.82, 2.24) is 5.32 Å². The molecule has 0 amide bonds. The second kappa shape index (κ2) is 5.48. The molecule has 1 aromatic rings. The minimum atomic E-state index is -0.362. The Labute approximate surface area is 95.6 Å². The third-order valence-corrected chi connectivity index (χ3v) is 3.69. The van der Waals surface area contributed by atoms with Gasteiger partial charge in [0, 0.05) is 9.35 Å². The van der Waals surface area contributed by atoms with Crippen molar-refractivity contribution in [2.24, 2.45) is 0 Å². The number of hydrogen-bond acceptors (Lipinski definition) is 4. The number of thiophene rings is 1. The number of halogens is 1. The van der Waals surface area contributed by atoms with E-state index in [-0.39, 0.29) is 12.0 Å². The summed E-state index contributed by atoms with van der Waals surface area (Å²) in [6.07, 6.45) is 0. The Morgan fingerprint density at radius 2 is 2.50 bits per heavy atom. The summed E-state index contributed by atoms with van der Waals surface area (Å²) in [5.74, 6) is -0.255. The van der Waals surface area contributed by atoms with E-state index in [1.807, 2.05) is 18.4 Å². The number of rotatable bonds is 4. The molecule has 0 saturated carbocycles. The molecule has 1 unspecified atom stereocenters. The molecule has 1 atom stereocenters. The fourth-order valence-corrected chi connectivity index (χ4v) is 2.78. The van der Waals surface area contributed by atoms with E-state index in [4.69, 9.17) is 4.74 Å². The number of ether oxygens (including phenoxy) is 1. The predicted octanol–water partition coefficient (Wildman–Crippen LogP) is 2.33. The summed E-state index contributed by atoms with van der Waals surface area (Å²) in [6.45, 7) is 2.68. The lowest BCUT2D eigenvalue weighted by Crippen LogP contribution is -2.28. The quantitative estimate of drug-likeness (QED) is 0.859. The lowest BCUT2D eigenvalue weighted by molar-refractivity contribution is -0.143. The van der Waals surface area contributed by atoms with Crippen LogP contribution in [0, 0.1) is 0 Å². The van der Waals surface area contributed by atoms with E-state index in [9.17, 15) is 4.79 Å². The highest BCUT2D eigenvalue weighted by Crippen LogP contribution is 2.29. The van der Waals surface area contributed by atoms with Gasteiger partial charge in [-0.15, -0.1) is 11.3 Å². The van der Waals surface area contributed by atoms with Gasteiger partial charge in [0.1, 0.15) is 6.04 Å². The minimum absolute atomic E-state index is 0.255. The molecule has 1 N–H and O–H groups in total. The first-order valence-electron chi connectivity index (χ1n) is 4.24. The van der Waals surface area contributed by atoms with Crippen molar-refractivity contribution in [3.8, 4) is 0 Å². The van der Waals surface area contributed by atoms with E-state index >= 15 is 0 Å². The van der Waals surface area contributed by atoms with Gasteiger partial charge in [0.25, 0.3) is 0 Å². The molecule has 0 aliphatic carbocycles. The van der Waals surface area contributed by atoms with Gasteiger partial charge in [-0.25, -0.2) is 4.79 Å². The largest absolute Gasteiger partial charge is 0.468 e. The van der Waals surface area contributed by atoms with Crippen LogP contribution in [0.15, 0.2) is 15.9 Å². The maximum absolute atomic E-state index is 11.5. The van der Waals surface area contributed by atoms with Crippen molar-refractivity contribution in [3.05, 3.63) is 20.8 Å². The maximum Gasteiger partial charge on any atom is 0.328 e. The maximum atomic E-state index is 11.5. The standard InChI is InChI=1S/C9H12BrNO2S/c1-3-11-7(9(12)13-2)8-6(10)4-5-14-8/h4-5,7,11H,3H2,1-2H3. The van der Waals surface area contributed by atoms with Crippen LogP contribution >= 0.6 is 27.3 Å². The van der Waals surface area contributed by atoms with E-state index in [0.717, 1.165) is 15.9 Å². The van der Waals surface area contributed by atoms with Gasteiger partial charge in [-0.2, -0.15) is 0 Å².